The first-order valence-electron chi connectivity index (χ1n) is 5.27. The highest BCUT2D eigenvalue weighted by atomic mass is 16.5. The lowest BCUT2D eigenvalue weighted by Gasteiger charge is -2.19. The smallest absolute Gasteiger partial charge is 0.122 e. The maximum Gasteiger partial charge on any atom is 0.122 e. The van der Waals surface area contributed by atoms with Crippen LogP contribution in [0.15, 0.2) is 12.1 Å². The molecule has 0 atom stereocenters. The van der Waals surface area contributed by atoms with Crippen LogP contribution in [0.25, 0.3) is 0 Å². The lowest BCUT2D eigenvalue weighted by atomic mass is 9.98. The first-order valence-corrected chi connectivity index (χ1v) is 5.27. The fourth-order valence-electron chi connectivity index (χ4n) is 1.94. The van der Waals surface area contributed by atoms with Crippen LogP contribution in [0, 0.1) is 6.92 Å². The Morgan fingerprint density at radius 3 is 3.00 bits per heavy atom. The van der Waals surface area contributed by atoms with Crippen LogP contribution >= 0.6 is 0 Å². The molecule has 0 saturated carbocycles. The van der Waals surface area contributed by atoms with Crippen LogP contribution in [-0.4, -0.2) is 13.2 Å². The van der Waals surface area contributed by atoms with Gasteiger partial charge in [0.1, 0.15) is 5.75 Å². The summed E-state index contributed by atoms with van der Waals surface area (Å²) in [7, 11) is 0. The third-order valence-electron chi connectivity index (χ3n) is 2.68. The molecule has 0 unspecified atom stereocenters. The van der Waals surface area contributed by atoms with Crippen molar-refractivity contribution in [2.45, 2.75) is 26.8 Å². The van der Waals surface area contributed by atoms with Gasteiger partial charge < -0.3 is 10.1 Å². The molecule has 1 aromatic rings. The monoisotopic (exact) mass is 191 g/mol. The number of hydrogen-bond acceptors (Lipinski definition) is 2. The fraction of sp³-hybridized carbons (Fsp3) is 0.500. The van der Waals surface area contributed by atoms with Crippen molar-refractivity contribution in [3.63, 3.8) is 0 Å². The minimum absolute atomic E-state index is 0.748. The van der Waals surface area contributed by atoms with E-state index in [0.29, 0.717) is 0 Å². The maximum absolute atomic E-state index is 5.58. The van der Waals surface area contributed by atoms with E-state index in [0.717, 1.165) is 31.9 Å². The van der Waals surface area contributed by atoms with Crippen LogP contribution < -0.4 is 10.1 Å². The summed E-state index contributed by atoms with van der Waals surface area (Å²) in [6.45, 7) is 6.97. The Bertz CT molecular complexity index is 333. The highest BCUT2D eigenvalue weighted by Gasteiger charge is 2.11. The summed E-state index contributed by atoms with van der Waals surface area (Å²) in [5, 5.41) is 3.38. The Labute approximate surface area is 85.3 Å². The largest absolute Gasteiger partial charge is 0.494 e. The van der Waals surface area contributed by atoms with Crippen LogP contribution in [0.4, 0.5) is 0 Å². The van der Waals surface area contributed by atoms with E-state index in [-0.39, 0.29) is 0 Å². The van der Waals surface area contributed by atoms with Gasteiger partial charge in [-0.15, -0.1) is 0 Å². The van der Waals surface area contributed by atoms with Crippen molar-refractivity contribution in [3.8, 4) is 5.75 Å². The first kappa shape index (κ1) is 9.53. The molecule has 1 heterocycles. The summed E-state index contributed by atoms with van der Waals surface area (Å²) in [6.07, 6.45) is 1.12. The zero-order valence-electron chi connectivity index (χ0n) is 8.89. The fourth-order valence-corrected chi connectivity index (χ4v) is 1.94. The lowest BCUT2D eigenvalue weighted by Crippen LogP contribution is -2.23. The zero-order valence-corrected chi connectivity index (χ0v) is 8.89. The summed E-state index contributed by atoms with van der Waals surface area (Å²) in [6, 6.07) is 4.45. The number of benzene rings is 1. The molecule has 0 spiro atoms. The second-order valence-electron chi connectivity index (χ2n) is 3.75. The molecule has 2 rings (SSSR count). The second kappa shape index (κ2) is 4.01. The van der Waals surface area contributed by atoms with Crippen molar-refractivity contribution >= 4 is 0 Å². The molecule has 0 fully saturated rings. The number of aryl methyl sites for hydroxylation is 1. The van der Waals surface area contributed by atoms with Crippen LogP contribution in [-0.2, 0) is 13.0 Å². The molecular formula is C12H17NO. The van der Waals surface area contributed by atoms with Crippen molar-refractivity contribution in [1.82, 2.24) is 5.32 Å². The lowest BCUT2D eigenvalue weighted by molar-refractivity contribution is 0.337. The van der Waals surface area contributed by atoms with Crippen molar-refractivity contribution in [1.29, 1.82) is 0 Å². The summed E-state index contributed by atoms with van der Waals surface area (Å²) in [4.78, 5) is 0. The molecule has 0 aliphatic carbocycles. The Morgan fingerprint density at radius 1 is 1.36 bits per heavy atom. The molecule has 1 N–H and O–H groups in total. The van der Waals surface area contributed by atoms with Crippen molar-refractivity contribution in [3.05, 3.63) is 28.8 Å². The van der Waals surface area contributed by atoms with Crippen molar-refractivity contribution in [2.75, 3.05) is 13.2 Å². The summed E-state index contributed by atoms with van der Waals surface area (Å²) in [5.74, 6) is 1.05. The predicted molar refractivity (Wildman–Crippen MR) is 57.8 cm³/mol. The average Bonchev–Trinajstić information content (AvgIpc) is 2.19. The van der Waals surface area contributed by atoms with Gasteiger partial charge in [-0.05, 0) is 49.6 Å². The molecular weight excluding hydrogens is 174 g/mol. The average molecular weight is 191 g/mol. The van der Waals surface area contributed by atoms with Gasteiger partial charge in [0.25, 0.3) is 0 Å². The van der Waals surface area contributed by atoms with Gasteiger partial charge in [0.15, 0.2) is 0 Å². The third-order valence-corrected chi connectivity index (χ3v) is 2.68. The van der Waals surface area contributed by atoms with Crippen LogP contribution in [0.2, 0.25) is 0 Å². The predicted octanol–water partition coefficient (Wildman–Crippen LogP) is 2.04. The highest BCUT2D eigenvalue weighted by Crippen LogP contribution is 2.25. The summed E-state index contributed by atoms with van der Waals surface area (Å²) >= 11 is 0. The molecule has 0 radical (unpaired) electrons. The Balaban J connectivity index is 2.35. The number of hydrogen-bond donors (Lipinski definition) is 1. The van der Waals surface area contributed by atoms with E-state index in [1.54, 1.807) is 0 Å². The van der Waals surface area contributed by atoms with Gasteiger partial charge in [-0.2, -0.15) is 0 Å². The quantitative estimate of drug-likeness (QED) is 0.772. The van der Waals surface area contributed by atoms with Gasteiger partial charge >= 0.3 is 0 Å². The Kier molecular flexibility index (Phi) is 2.73. The van der Waals surface area contributed by atoms with E-state index < -0.39 is 0 Å². The third kappa shape index (κ3) is 1.75. The van der Waals surface area contributed by atoms with Crippen LogP contribution in [0.5, 0.6) is 5.75 Å². The molecule has 0 saturated heterocycles. The highest BCUT2D eigenvalue weighted by molar-refractivity contribution is 5.43. The molecule has 2 nitrogen and oxygen atoms in total. The Hall–Kier alpha value is -1.02. The maximum atomic E-state index is 5.58. The molecule has 0 amide bonds. The van der Waals surface area contributed by atoms with Gasteiger partial charge in [0.05, 0.1) is 6.61 Å². The van der Waals surface area contributed by atoms with Gasteiger partial charge in [-0.3, -0.25) is 0 Å². The molecule has 1 aliphatic heterocycles. The Morgan fingerprint density at radius 2 is 2.21 bits per heavy atom. The number of rotatable bonds is 2. The van der Waals surface area contributed by atoms with Gasteiger partial charge in [0.2, 0.25) is 0 Å². The molecule has 1 aliphatic rings. The molecule has 2 heteroatoms. The molecule has 76 valence electrons. The number of nitrogens with one attached hydrogen (secondary N) is 1. The van der Waals surface area contributed by atoms with E-state index >= 15 is 0 Å². The van der Waals surface area contributed by atoms with E-state index in [2.05, 4.69) is 24.4 Å². The molecule has 0 bridgehead atoms. The summed E-state index contributed by atoms with van der Waals surface area (Å²) in [5.41, 5.74) is 4.12. The minimum Gasteiger partial charge on any atom is -0.494 e. The van der Waals surface area contributed by atoms with Crippen molar-refractivity contribution < 1.29 is 4.74 Å². The minimum atomic E-state index is 0.748. The normalized spacial score (nSPS) is 15.0. The van der Waals surface area contributed by atoms with Crippen molar-refractivity contribution in [2.24, 2.45) is 0 Å². The SMILES string of the molecule is CCOc1cc2c(cc1C)CNCC2. The number of fused-ring (bicyclic) bond motifs is 1. The zero-order chi connectivity index (χ0) is 9.97. The van der Waals surface area contributed by atoms with Crippen LogP contribution in [0.3, 0.4) is 0 Å². The first-order chi connectivity index (χ1) is 6.81. The summed E-state index contributed by atoms with van der Waals surface area (Å²) < 4.78 is 5.58. The molecule has 0 aromatic heterocycles. The van der Waals surface area contributed by atoms with Gasteiger partial charge in [-0.25, -0.2) is 0 Å². The van der Waals surface area contributed by atoms with Gasteiger partial charge in [0, 0.05) is 6.54 Å². The number of ether oxygens (including phenoxy) is 1. The van der Waals surface area contributed by atoms with E-state index in [9.17, 15) is 0 Å². The second-order valence-corrected chi connectivity index (χ2v) is 3.75. The molecule has 1 aromatic carbocycles. The topological polar surface area (TPSA) is 21.3 Å². The standard InChI is InChI=1S/C12H17NO/c1-3-14-12-7-10-4-5-13-8-11(10)6-9(12)2/h6-7,13H,3-5,8H2,1-2H3. The van der Waals surface area contributed by atoms with E-state index in [1.165, 1.54) is 16.7 Å². The van der Waals surface area contributed by atoms with Gasteiger partial charge in [-0.1, -0.05) is 6.07 Å². The van der Waals surface area contributed by atoms with E-state index in [1.807, 2.05) is 6.92 Å². The van der Waals surface area contributed by atoms with Crippen LogP contribution in [0.1, 0.15) is 23.6 Å². The molecule has 14 heavy (non-hydrogen) atoms. The van der Waals surface area contributed by atoms with E-state index in [4.69, 9.17) is 4.74 Å².